The molecule has 4 nitrogen and oxygen atoms in total. The average Bonchev–Trinajstić information content (AvgIpc) is 2.58. The summed E-state index contributed by atoms with van der Waals surface area (Å²) in [5.41, 5.74) is 0.923. The highest BCUT2D eigenvalue weighted by atomic mass is 35.5. The number of aromatic nitrogens is 2. The van der Waals surface area contributed by atoms with Gasteiger partial charge in [0.15, 0.2) is 0 Å². The summed E-state index contributed by atoms with van der Waals surface area (Å²) in [6.07, 6.45) is 2.57. The van der Waals surface area contributed by atoms with Gasteiger partial charge in [0.2, 0.25) is 0 Å². The highest BCUT2D eigenvalue weighted by Gasteiger charge is 2.31. The van der Waals surface area contributed by atoms with E-state index in [-0.39, 0.29) is 6.61 Å². The third-order valence-corrected chi connectivity index (χ3v) is 3.33. The molecule has 1 aromatic heterocycles. The van der Waals surface area contributed by atoms with E-state index in [1.54, 1.807) is 0 Å². The van der Waals surface area contributed by atoms with E-state index in [9.17, 15) is 5.11 Å². The van der Waals surface area contributed by atoms with E-state index in [4.69, 9.17) is 11.6 Å². The van der Waals surface area contributed by atoms with Crippen LogP contribution in [0.3, 0.4) is 0 Å². The van der Waals surface area contributed by atoms with E-state index in [2.05, 4.69) is 28.7 Å². The summed E-state index contributed by atoms with van der Waals surface area (Å²) in [6, 6.07) is 0. The quantitative estimate of drug-likeness (QED) is 0.803. The predicted molar refractivity (Wildman–Crippen MR) is 63.6 cm³/mol. The number of halogens is 1. The number of anilines is 1. The Morgan fingerprint density at radius 2 is 2.25 bits per heavy atom. The van der Waals surface area contributed by atoms with Gasteiger partial charge in [0, 0.05) is 13.1 Å². The van der Waals surface area contributed by atoms with Crippen LogP contribution in [0.2, 0.25) is 5.15 Å². The maximum Gasteiger partial charge on any atom is 0.140 e. The summed E-state index contributed by atoms with van der Waals surface area (Å²) in [5, 5.41) is 9.64. The van der Waals surface area contributed by atoms with Gasteiger partial charge in [-0.3, -0.25) is 0 Å². The maximum atomic E-state index is 9.30. The van der Waals surface area contributed by atoms with Gasteiger partial charge in [0.1, 0.15) is 17.3 Å². The second-order valence-electron chi connectivity index (χ2n) is 4.96. The van der Waals surface area contributed by atoms with E-state index < -0.39 is 0 Å². The number of aliphatic hydroxyl groups is 1. The minimum absolute atomic E-state index is 0.119. The number of hydrogen-bond acceptors (Lipinski definition) is 4. The molecule has 0 unspecified atom stereocenters. The van der Waals surface area contributed by atoms with Crippen LogP contribution in [-0.2, 0) is 6.61 Å². The van der Waals surface area contributed by atoms with Crippen molar-refractivity contribution in [3.63, 3.8) is 0 Å². The Kier molecular flexibility index (Phi) is 3.04. The van der Waals surface area contributed by atoms with Crippen molar-refractivity contribution in [2.24, 2.45) is 5.41 Å². The highest BCUT2D eigenvalue weighted by Crippen LogP contribution is 2.34. The number of rotatable bonds is 2. The van der Waals surface area contributed by atoms with Crippen LogP contribution < -0.4 is 4.90 Å². The molecule has 0 spiro atoms. The van der Waals surface area contributed by atoms with Crippen molar-refractivity contribution in [3.8, 4) is 0 Å². The molecule has 0 aliphatic carbocycles. The van der Waals surface area contributed by atoms with Gasteiger partial charge in [-0.1, -0.05) is 25.4 Å². The smallest absolute Gasteiger partial charge is 0.140 e. The first-order chi connectivity index (χ1) is 7.53. The largest absolute Gasteiger partial charge is 0.391 e. The predicted octanol–water partition coefficient (Wildman–Crippen LogP) is 1.86. The van der Waals surface area contributed by atoms with Gasteiger partial charge < -0.3 is 10.0 Å². The molecule has 0 aromatic carbocycles. The van der Waals surface area contributed by atoms with Gasteiger partial charge in [-0.25, -0.2) is 9.97 Å². The fourth-order valence-corrected chi connectivity index (χ4v) is 2.27. The zero-order valence-corrected chi connectivity index (χ0v) is 10.3. The molecule has 1 aromatic rings. The second-order valence-corrected chi connectivity index (χ2v) is 5.32. The molecule has 1 fully saturated rings. The van der Waals surface area contributed by atoms with Gasteiger partial charge in [-0.2, -0.15) is 0 Å². The molecule has 2 rings (SSSR count). The van der Waals surface area contributed by atoms with Crippen molar-refractivity contribution in [3.05, 3.63) is 17.0 Å². The normalized spacial score (nSPS) is 19.1. The molecule has 0 saturated carbocycles. The first kappa shape index (κ1) is 11.6. The fraction of sp³-hybridized carbons (Fsp3) is 0.636. The zero-order valence-electron chi connectivity index (χ0n) is 9.57. The van der Waals surface area contributed by atoms with Gasteiger partial charge in [0.25, 0.3) is 0 Å². The third-order valence-electron chi connectivity index (χ3n) is 3.01. The van der Waals surface area contributed by atoms with Gasteiger partial charge in [-0.15, -0.1) is 0 Å². The molecule has 0 bridgehead atoms. The molecule has 1 aliphatic heterocycles. The van der Waals surface area contributed by atoms with E-state index in [1.807, 2.05) is 0 Å². The summed E-state index contributed by atoms with van der Waals surface area (Å²) in [4.78, 5) is 10.3. The Morgan fingerprint density at radius 1 is 1.50 bits per heavy atom. The first-order valence-corrected chi connectivity index (χ1v) is 5.76. The molecule has 0 amide bonds. The van der Waals surface area contributed by atoms with E-state index in [0.717, 1.165) is 25.3 Å². The summed E-state index contributed by atoms with van der Waals surface area (Å²) >= 11 is 5.94. The lowest BCUT2D eigenvalue weighted by atomic mass is 9.93. The Bertz CT molecular complexity index is 395. The lowest BCUT2D eigenvalue weighted by Gasteiger charge is -2.22. The Morgan fingerprint density at radius 3 is 2.81 bits per heavy atom. The number of aliphatic hydroxyl groups excluding tert-OH is 1. The van der Waals surface area contributed by atoms with Crippen molar-refractivity contribution in [2.75, 3.05) is 18.0 Å². The van der Waals surface area contributed by atoms with Gasteiger partial charge in [-0.05, 0) is 11.8 Å². The van der Waals surface area contributed by atoms with Crippen LogP contribution in [0, 0.1) is 5.41 Å². The van der Waals surface area contributed by atoms with E-state index >= 15 is 0 Å². The minimum Gasteiger partial charge on any atom is -0.391 e. The molecule has 1 N–H and O–H groups in total. The Balaban J connectivity index is 2.31. The minimum atomic E-state index is -0.119. The first-order valence-electron chi connectivity index (χ1n) is 5.39. The monoisotopic (exact) mass is 241 g/mol. The van der Waals surface area contributed by atoms with Crippen LogP contribution >= 0.6 is 11.6 Å². The molecule has 88 valence electrons. The average molecular weight is 242 g/mol. The topological polar surface area (TPSA) is 49.2 Å². The summed E-state index contributed by atoms with van der Waals surface area (Å²) in [6.45, 7) is 6.23. The molecule has 0 atom stereocenters. The second kappa shape index (κ2) is 4.18. The van der Waals surface area contributed by atoms with E-state index in [1.165, 1.54) is 6.33 Å². The standard InChI is InChI=1S/C11H16ClN3O/c1-11(2)3-4-15(6-11)10-8(5-16)9(12)13-7-14-10/h7,16H,3-6H2,1-2H3. The van der Waals surface area contributed by atoms with Crippen LogP contribution in [0.1, 0.15) is 25.8 Å². The Labute approximate surface area is 100 Å². The Hall–Kier alpha value is -0.870. The molecule has 2 heterocycles. The van der Waals surface area contributed by atoms with Crippen LogP contribution in [0.4, 0.5) is 5.82 Å². The van der Waals surface area contributed by atoms with Crippen molar-refractivity contribution in [2.45, 2.75) is 26.9 Å². The van der Waals surface area contributed by atoms with Crippen molar-refractivity contribution < 1.29 is 5.11 Å². The summed E-state index contributed by atoms with van der Waals surface area (Å²) in [5.74, 6) is 0.771. The number of hydrogen-bond donors (Lipinski definition) is 1. The van der Waals surface area contributed by atoms with Crippen LogP contribution in [0.15, 0.2) is 6.33 Å². The van der Waals surface area contributed by atoms with Crippen molar-refractivity contribution in [1.82, 2.24) is 9.97 Å². The molecule has 1 saturated heterocycles. The third kappa shape index (κ3) is 2.13. The van der Waals surface area contributed by atoms with Crippen molar-refractivity contribution >= 4 is 17.4 Å². The molecule has 1 aliphatic rings. The van der Waals surface area contributed by atoms with E-state index in [0.29, 0.717) is 16.1 Å². The fourth-order valence-electron chi connectivity index (χ4n) is 2.08. The summed E-state index contributed by atoms with van der Waals surface area (Å²) in [7, 11) is 0. The van der Waals surface area contributed by atoms with Gasteiger partial charge >= 0.3 is 0 Å². The highest BCUT2D eigenvalue weighted by molar-refractivity contribution is 6.30. The van der Waals surface area contributed by atoms with Crippen LogP contribution in [0.25, 0.3) is 0 Å². The lowest BCUT2D eigenvalue weighted by Crippen LogP contribution is -2.25. The zero-order chi connectivity index (χ0) is 11.8. The van der Waals surface area contributed by atoms with Gasteiger partial charge in [0.05, 0.1) is 12.2 Å². The SMILES string of the molecule is CC1(C)CCN(c2ncnc(Cl)c2CO)C1. The lowest BCUT2D eigenvalue weighted by molar-refractivity contribution is 0.281. The molecule has 5 heteroatoms. The van der Waals surface area contributed by atoms with Crippen LogP contribution in [0.5, 0.6) is 0 Å². The molecule has 0 radical (unpaired) electrons. The molecular formula is C11H16ClN3O. The summed E-state index contributed by atoms with van der Waals surface area (Å²) < 4.78 is 0. The maximum absolute atomic E-state index is 9.30. The van der Waals surface area contributed by atoms with Crippen LogP contribution in [-0.4, -0.2) is 28.2 Å². The van der Waals surface area contributed by atoms with Crippen molar-refractivity contribution in [1.29, 1.82) is 0 Å². The molecule has 16 heavy (non-hydrogen) atoms. The number of nitrogens with zero attached hydrogens (tertiary/aromatic N) is 3. The molecular weight excluding hydrogens is 226 g/mol.